The highest BCUT2D eigenvalue weighted by molar-refractivity contribution is 7.44. The van der Waals surface area contributed by atoms with E-state index >= 15 is 0 Å². The van der Waals surface area contributed by atoms with Gasteiger partial charge in [-0.15, -0.1) is 0 Å². The van der Waals surface area contributed by atoms with E-state index in [0.717, 1.165) is 33.8 Å². The number of hydrogen-bond donors (Lipinski definition) is 0. The minimum Gasteiger partial charge on any atom is -0.497 e. The topological polar surface area (TPSA) is 75.9 Å². The van der Waals surface area contributed by atoms with Crippen LogP contribution in [0, 0.1) is 6.57 Å². The molecule has 4 atom stereocenters. The van der Waals surface area contributed by atoms with Crippen LogP contribution in [-0.2, 0) is 24.1 Å². The molecule has 1 fully saturated rings. The minimum absolute atomic E-state index is 0.163. The molecule has 0 spiro atoms. The van der Waals surface area contributed by atoms with Gasteiger partial charge in [0.25, 0.3) is 8.53 Å². The molecule has 2 heterocycles. The zero-order valence-corrected chi connectivity index (χ0v) is 30.7. The van der Waals surface area contributed by atoms with Gasteiger partial charge in [-0.3, -0.25) is 4.98 Å². The summed E-state index contributed by atoms with van der Waals surface area (Å²) in [6.07, 6.45) is 3.14. The molecule has 3 aromatic carbocycles. The van der Waals surface area contributed by atoms with Crippen LogP contribution in [0.25, 0.3) is 4.85 Å². The van der Waals surface area contributed by atoms with E-state index < -0.39 is 20.2 Å². The van der Waals surface area contributed by atoms with Crippen LogP contribution in [-0.4, -0.2) is 67.9 Å². The molecule has 0 amide bonds. The summed E-state index contributed by atoms with van der Waals surface area (Å²) in [6, 6.07) is 30.5. The molecule has 9 nitrogen and oxygen atoms in total. The van der Waals surface area contributed by atoms with Gasteiger partial charge in [-0.2, -0.15) is 0 Å². The van der Waals surface area contributed by atoms with Crippen molar-refractivity contribution in [2.75, 3.05) is 34.0 Å². The highest BCUT2D eigenvalue weighted by atomic mass is 31.2. The Bertz CT molecular complexity index is 1580. The average molecular weight is 698 g/mol. The lowest BCUT2D eigenvalue weighted by atomic mass is 9.80. The van der Waals surface area contributed by atoms with Crippen molar-refractivity contribution in [1.82, 2.24) is 9.65 Å². The second kappa shape index (κ2) is 17.9. The summed E-state index contributed by atoms with van der Waals surface area (Å²) < 4.78 is 40.7. The summed E-state index contributed by atoms with van der Waals surface area (Å²) in [6.45, 7) is 16.6. The summed E-state index contributed by atoms with van der Waals surface area (Å²) in [4.78, 5) is 7.88. The molecule has 1 aliphatic heterocycles. The smallest absolute Gasteiger partial charge is 0.259 e. The third-order valence-corrected chi connectivity index (χ3v) is 10.9. The van der Waals surface area contributed by atoms with Crippen molar-refractivity contribution in [3.05, 3.63) is 137 Å². The Morgan fingerprint density at radius 2 is 1.46 bits per heavy atom. The first kappa shape index (κ1) is 37.4. The molecule has 50 heavy (non-hydrogen) atoms. The number of hydrogen-bond acceptors (Lipinski definition) is 8. The van der Waals surface area contributed by atoms with Crippen LogP contribution in [0.2, 0.25) is 0 Å². The van der Waals surface area contributed by atoms with Gasteiger partial charge in [0, 0.05) is 30.9 Å². The quantitative estimate of drug-likeness (QED) is 0.0470. The van der Waals surface area contributed by atoms with Crippen molar-refractivity contribution in [1.29, 1.82) is 0 Å². The highest BCUT2D eigenvalue weighted by Gasteiger charge is 2.44. The van der Waals surface area contributed by atoms with Crippen molar-refractivity contribution in [3.8, 4) is 11.5 Å². The molecule has 264 valence electrons. The maximum Gasteiger partial charge on any atom is 0.259 e. The normalized spacial score (nSPS) is 18.4. The zero-order valence-electron chi connectivity index (χ0n) is 29.8. The third-order valence-electron chi connectivity index (χ3n) is 8.77. The van der Waals surface area contributed by atoms with Gasteiger partial charge in [0.15, 0.2) is 0 Å². The van der Waals surface area contributed by atoms with Crippen LogP contribution < -0.4 is 9.47 Å². The summed E-state index contributed by atoms with van der Waals surface area (Å²) >= 11 is 0. The molecule has 1 aromatic heterocycles. The standard InChI is InChI=1S/C40H48N3O6P/c1-29(2)43(30(3)4)50(47-25-24-41-5)49-38-26-37(31-12-11-23-42-27-31)48-39(38)28-46-40(32-13-9-8-10-14-32,33-15-19-35(44-6)20-16-33)34-17-21-36(45-7)22-18-34/h8-23,27,29-30,37-39H,24-26,28H2,1-4,6-7H3/t37-,38?,39?,50?/m1/s1. The van der Waals surface area contributed by atoms with E-state index in [1.54, 1.807) is 20.4 Å². The van der Waals surface area contributed by atoms with Crippen LogP contribution in [0.3, 0.4) is 0 Å². The lowest BCUT2D eigenvalue weighted by Crippen LogP contribution is -2.39. The second-order valence-electron chi connectivity index (χ2n) is 12.7. The first-order chi connectivity index (χ1) is 24.3. The number of methoxy groups -OCH3 is 2. The number of rotatable bonds is 17. The van der Waals surface area contributed by atoms with Crippen molar-refractivity contribution >= 4 is 8.53 Å². The highest BCUT2D eigenvalue weighted by Crippen LogP contribution is 2.51. The molecule has 0 saturated carbocycles. The summed E-state index contributed by atoms with van der Waals surface area (Å²) in [7, 11) is 1.81. The molecular weight excluding hydrogens is 649 g/mol. The van der Waals surface area contributed by atoms with Crippen LogP contribution in [0.5, 0.6) is 11.5 Å². The minimum atomic E-state index is -1.51. The summed E-state index contributed by atoms with van der Waals surface area (Å²) in [5.41, 5.74) is 2.80. The SMILES string of the molecule is [C-]#[N+]CCOP(OC1C[C@H](c2cccnc2)OC1COC(c1ccccc1)(c1ccc(OC)cc1)c1ccc(OC)cc1)N(C(C)C)C(C)C. The number of pyridine rings is 1. The monoisotopic (exact) mass is 697 g/mol. The van der Waals surface area contributed by atoms with E-state index in [2.05, 4.69) is 54.3 Å². The van der Waals surface area contributed by atoms with Crippen LogP contribution in [0.4, 0.5) is 0 Å². The third kappa shape index (κ3) is 8.70. The van der Waals surface area contributed by atoms with Crippen LogP contribution >= 0.6 is 8.53 Å². The number of aromatic nitrogens is 1. The average Bonchev–Trinajstić information content (AvgIpc) is 3.55. The van der Waals surface area contributed by atoms with E-state index in [9.17, 15) is 0 Å². The maximum absolute atomic E-state index is 7.31. The molecule has 5 rings (SSSR count). The Balaban J connectivity index is 1.56. The maximum atomic E-state index is 7.31. The Hall–Kier alpha value is -3.87. The summed E-state index contributed by atoms with van der Waals surface area (Å²) in [5.74, 6) is 1.51. The molecule has 3 unspecified atom stereocenters. The van der Waals surface area contributed by atoms with E-state index in [0.29, 0.717) is 6.42 Å². The number of benzene rings is 3. The predicted octanol–water partition coefficient (Wildman–Crippen LogP) is 8.60. The summed E-state index contributed by atoms with van der Waals surface area (Å²) in [5, 5.41) is 0. The van der Waals surface area contributed by atoms with Crippen LogP contribution in [0.15, 0.2) is 103 Å². The van der Waals surface area contributed by atoms with E-state index in [1.807, 2.05) is 85.1 Å². The van der Waals surface area contributed by atoms with E-state index in [4.69, 9.17) is 34.6 Å². The molecule has 0 N–H and O–H groups in total. The molecule has 0 radical (unpaired) electrons. The lowest BCUT2D eigenvalue weighted by Gasteiger charge is -2.39. The Labute approximate surface area is 298 Å². The molecule has 1 saturated heterocycles. The predicted molar refractivity (Wildman–Crippen MR) is 196 cm³/mol. The van der Waals surface area contributed by atoms with Gasteiger partial charge in [0.1, 0.15) is 29.8 Å². The first-order valence-corrected chi connectivity index (χ1v) is 18.2. The van der Waals surface area contributed by atoms with Crippen molar-refractivity contribution in [3.63, 3.8) is 0 Å². The van der Waals surface area contributed by atoms with Gasteiger partial charge in [-0.1, -0.05) is 60.7 Å². The molecule has 0 aliphatic carbocycles. The van der Waals surface area contributed by atoms with Crippen molar-refractivity contribution in [2.45, 2.75) is 70.1 Å². The Kier molecular flexibility index (Phi) is 13.4. The number of nitrogens with zero attached hydrogens (tertiary/aromatic N) is 3. The van der Waals surface area contributed by atoms with Gasteiger partial charge in [-0.05, 0) is 80.3 Å². The molecule has 0 bridgehead atoms. The van der Waals surface area contributed by atoms with E-state index in [-0.39, 0.29) is 44.1 Å². The van der Waals surface area contributed by atoms with Gasteiger partial charge in [0.2, 0.25) is 6.54 Å². The second-order valence-corrected chi connectivity index (χ2v) is 14.1. The number of ether oxygens (including phenoxy) is 4. The molecule has 1 aliphatic rings. The van der Waals surface area contributed by atoms with Crippen molar-refractivity contribution in [2.24, 2.45) is 0 Å². The Morgan fingerprint density at radius 3 is 1.98 bits per heavy atom. The van der Waals surface area contributed by atoms with E-state index in [1.165, 1.54) is 0 Å². The fourth-order valence-electron chi connectivity index (χ4n) is 6.44. The van der Waals surface area contributed by atoms with Gasteiger partial charge in [0.05, 0.1) is 33.0 Å². The molecule has 10 heteroatoms. The zero-order chi connectivity index (χ0) is 35.5. The Morgan fingerprint density at radius 1 is 0.860 bits per heavy atom. The first-order valence-electron chi connectivity index (χ1n) is 17.1. The lowest BCUT2D eigenvalue weighted by molar-refractivity contribution is -0.0806. The van der Waals surface area contributed by atoms with Crippen molar-refractivity contribution < 1.29 is 28.0 Å². The largest absolute Gasteiger partial charge is 0.497 e. The van der Waals surface area contributed by atoms with Crippen LogP contribution in [0.1, 0.15) is 62.5 Å². The van der Waals surface area contributed by atoms with Gasteiger partial charge in [-0.25, -0.2) is 11.2 Å². The fourth-order valence-corrected chi connectivity index (χ4v) is 8.19. The molecular formula is C40H48N3O6P. The molecule has 4 aromatic rings. The van der Waals surface area contributed by atoms with Gasteiger partial charge < -0.3 is 32.8 Å². The fraction of sp³-hybridized carbons (Fsp3) is 0.400. The van der Waals surface area contributed by atoms with Gasteiger partial charge >= 0.3 is 0 Å².